The van der Waals surface area contributed by atoms with E-state index in [1.165, 1.54) is 5.57 Å². The van der Waals surface area contributed by atoms with E-state index < -0.39 is 5.60 Å². The van der Waals surface area contributed by atoms with E-state index >= 15 is 0 Å². The summed E-state index contributed by atoms with van der Waals surface area (Å²) >= 11 is 0. The largest absolute Gasteiger partial charge is 0.381 e. The maximum absolute atomic E-state index is 13.6. The summed E-state index contributed by atoms with van der Waals surface area (Å²) in [4.78, 5) is 25.7. The summed E-state index contributed by atoms with van der Waals surface area (Å²) in [6.45, 7) is 8.63. The molecule has 1 aliphatic heterocycles. The molecule has 5 heteroatoms. The first-order chi connectivity index (χ1) is 15.2. The molecule has 4 aliphatic carbocycles. The number of carbonyl (C=O) groups excluding carboxylic acids is 2. The molecule has 0 spiro atoms. The number of rotatable bonds is 5. The van der Waals surface area contributed by atoms with E-state index in [9.17, 15) is 9.59 Å². The van der Waals surface area contributed by atoms with E-state index in [4.69, 9.17) is 14.2 Å². The number of methoxy groups -OCH3 is 1. The molecular formula is C27H38O5. The highest BCUT2D eigenvalue weighted by Gasteiger charge is 2.75. The number of Topliss-reactive ketones (excluding diaryl/α,β-unsaturated/α-hetero) is 1. The third-order valence-corrected chi connectivity index (χ3v) is 9.83. The summed E-state index contributed by atoms with van der Waals surface area (Å²) in [7, 11) is 1.80. The van der Waals surface area contributed by atoms with Crippen molar-refractivity contribution in [3.63, 3.8) is 0 Å². The molecule has 3 saturated carbocycles. The number of hydrogen-bond acceptors (Lipinski definition) is 5. The highest BCUT2D eigenvalue weighted by atomic mass is 16.7. The molecule has 1 heterocycles. The Morgan fingerprint density at radius 3 is 2.75 bits per heavy atom. The Kier molecular flexibility index (Phi) is 5.35. The number of ketones is 2. The first kappa shape index (κ1) is 22.5. The van der Waals surface area contributed by atoms with Crippen molar-refractivity contribution in [3.05, 3.63) is 23.8 Å². The van der Waals surface area contributed by atoms with E-state index in [1.54, 1.807) is 13.2 Å². The normalized spacial score (nSPS) is 49.2. The Morgan fingerprint density at radius 2 is 2.06 bits per heavy atom. The van der Waals surface area contributed by atoms with E-state index in [1.807, 2.05) is 13.0 Å². The third kappa shape index (κ3) is 2.74. The van der Waals surface area contributed by atoms with Gasteiger partial charge in [0.05, 0.1) is 12.2 Å². The van der Waals surface area contributed by atoms with Gasteiger partial charge in [-0.1, -0.05) is 45.8 Å². The Labute approximate surface area is 191 Å². The van der Waals surface area contributed by atoms with Gasteiger partial charge >= 0.3 is 0 Å². The van der Waals surface area contributed by atoms with Crippen molar-refractivity contribution in [2.24, 2.45) is 28.6 Å². The topological polar surface area (TPSA) is 61.8 Å². The van der Waals surface area contributed by atoms with Gasteiger partial charge in [0.1, 0.15) is 0 Å². The quantitative estimate of drug-likeness (QED) is 0.613. The SMILES string of the molecule is CCCC1O[C@@H]2C[C@H]3[C@@H]4CCC5=CC(=O)C=CC5(C)C4C(OC)C[C@]3(C)[C@]2(C(=O)CC)O1. The van der Waals surface area contributed by atoms with Gasteiger partial charge in [0.15, 0.2) is 23.5 Å². The molecule has 5 rings (SSSR count). The van der Waals surface area contributed by atoms with E-state index in [0.29, 0.717) is 18.3 Å². The van der Waals surface area contributed by atoms with Crippen molar-refractivity contribution >= 4 is 11.6 Å². The molecule has 0 N–H and O–H groups in total. The number of carbonyl (C=O) groups is 2. The van der Waals surface area contributed by atoms with Crippen molar-refractivity contribution < 1.29 is 23.8 Å². The monoisotopic (exact) mass is 442 g/mol. The van der Waals surface area contributed by atoms with Crippen LogP contribution < -0.4 is 0 Å². The molecule has 0 bridgehead atoms. The van der Waals surface area contributed by atoms with Crippen LogP contribution in [0, 0.1) is 28.6 Å². The lowest BCUT2D eigenvalue weighted by Gasteiger charge is -2.60. The van der Waals surface area contributed by atoms with Crippen LogP contribution in [0.25, 0.3) is 0 Å². The van der Waals surface area contributed by atoms with Crippen molar-refractivity contribution in [2.45, 2.75) is 96.7 Å². The fourth-order valence-corrected chi connectivity index (χ4v) is 8.46. The Balaban J connectivity index is 1.58. The minimum Gasteiger partial charge on any atom is -0.381 e. The van der Waals surface area contributed by atoms with Gasteiger partial charge in [-0.25, -0.2) is 0 Å². The molecule has 9 atom stereocenters. The van der Waals surface area contributed by atoms with Crippen LogP contribution in [0.15, 0.2) is 23.8 Å². The zero-order chi connectivity index (χ0) is 22.9. The van der Waals surface area contributed by atoms with Crippen LogP contribution in [0.1, 0.15) is 72.6 Å². The fraction of sp³-hybridized carbons (Fsp3) is 0.778. The van der Waals surface area contributed by atoms with Gasteiger partial charge in [-0.15, -0.1) is 0 Å². The molecule has 0 radical (unpaired) electrons. The number of allylic oxidation sites excluding steroid dienone is 4. The zero-order valence-electron chi connectivity index (χ0n) is 20.2. The van der Waals surface area contributed by atoms with E-state index in [-0.39, 0.29) is 46.8 Å². The minimum atomic E-state index is -0.872. The van der Waals surface area contributed by atoms with Gasteiger partial charge in [-0.3, -0.25) is 9.59 Å². The molecule has 0 aromatic rings. The smallest absolute Gasteiger partial charge is 0.178 e. The summed E-state index contributed by atoms with van der Waals surface area (Å²) in [5.74, 6) is 1.31. The second kappa shape index (κ2) is 7.61. The first-order valence-electron chi connectivity index (χ1n) is 12.6. The van der Waals surface area contributed by atoms with Gasteiger partial charge in [0, 0.05) is 30.3 Å². The van der Waals surface area contributed by atoms with E-state index in [2.05, 4.69) is 26.8 Å². The van der Waals surface area contributed by atoms with Crippen molar-refractivity contribution in [2.75, 3.05) is 7.11 Å². The second-order valence-electron chi connectivity index (χ2n) is 11.1. The van der Waals surface area contributed by atoms with Crippen LogP contribution in [0.4, 0.5) is 0 Å². The Bertz CT molecular complexity index is 875. The molecular weight excluding hydrogens is 404 g/mol. The molecule has 1 saturated heterocycles. The zero-order valence-corrected chi connectivity index (χ0v) is 20.2. The summed E-state index contributed by atoms with van der Waals surface area (Å²) in [6.07, 6.45) is 11.1. The number of fused-ring (bicyclic) bond motifs is 7. The molecule has 4 unspecified atom stereocenters. The summed E-state index contributed by atoms with van der Waals surface area (Å²) in [5.41, 5.74) is -0.125. The standard InChI is InChI=1S/C27H38O5/c1-6-8-23-31-22-14-19-18-10-9-16-13-17(28)11-12-25(16,3)24(18)20(30-5)15-26(19,4)27(22,32-23)21(29)7-2/h11-13,18-20,22-24H,6-10,14-15H2,1-5H3/t18-,19-,20?,22+,23?,24?,25?,26-,27+/m0/s1. The van der Waals surface area contributed by atoms with Gasteiger partial charge in [-0.2, -0.15) is 0 Å². The van der Waals surface area contributed by atoms with Gasteiger partial charge in [-0.05, 0) is 56.1 Å². The van der Waals surface area contributed by atoms with Crippen LogP contribution in [-0.4, -0.2) is 42.8 Å². The van der Waals surface area contributed by atoms with Crippen LogP contribution in [0.2, 0.25) is 0 Å². The summed E-state index contributed by atoms with van der Waals surface area (Å²) in [5, 5.41) is 0. The fourth-order valence-electron chi connectivity index (χ4n) is 8.46. The van der Waals surface area contributed by atoms with Gasteiger partial charge in [0.2, 0.25) is 0 Å². The predicted molar refractivity (Wildman–Crippen MR) is 121 cm³/mol. The third-order valence-electron chi connectivity index (χ3n) is 9.83. The van der Waals surface area contributed by atoms with Crippen molar-refractivity contribution in [1.29, 1.82) is 0 Å². The average molecular weight is 443 g/mol. The van der Waals surface area contributed by atoms with Crippen molar-refractivity contribution in [3.8, 4) is 0 Å². The Hall–Kier alpha value is -1.30. The van der Waals surface area contributed by atoms with Crippen LogP contribution in [0.5, 0.6) is 0 Å². The van der Waals surface area contributed by atoms with Crippen LogP contribution >= 0.6 is 0 Å². The number of ether oxygens (including phenoxy) is 3. The molecule has 0 amide bonds. The highest BCUT2D eigenvalue weighted by Crippen LogP contribution is 2.70. The molecule has 0 aromatic heterocycles. The second-order valence-corrected chi connectivity index (χ2v) is 11.1. The molecule has 4 fully saturated rings. The van der Waals surface area contributed by atoms with Gasteiger partial charge < -0.3 is 14.2 Å². The first-order valence-corrected chi connectivity index (χ1v) is 12.6. The molecule has 32 heavy (non-hydrogen) atoms. The maximum atomic E-state index is 13.6. The average Bonchev–Trinajstić information content (AvgIpc) is 3.25. The lowest BCUT2D eigenvalue weighted by Crippen LogP contribution is -2.63. The molecule has 5 nitrogen and oxygen atoms in total. The Morgan fingerprint density at radius 1 is 1.28 bits per heavy atom. The van der Waals surface area contributed by atoms with Gasteiger partial charge in [0.25, 0.3) is 0 Å². The highest BCUT2D eigenvalue weighted by molar-refractivity contribution is 6.01. The maximum Gasteiger partial charge on any atom is 0.178 e. The minimum absolute atomic E-state index is 0.00177. The van der Waals surface area contributed by atoms with Crippen molar-refractivity contribution in [1.82, 2.24) is 0 Å². The lowest BCUT2D eigenvalue weighted by atomic mass is 9.46. The molecule has 176 valence electrons. The van der Waals surface area contributed by atoms with E-state index in [0.717, 1.165) is 38.5 Å². The molecule has 0 aromatic carbocycles. The van der Waals surface area contributed by atoms with Crippen LogP contribution in [0.3, 0.4) is 0 Å². The van der Waals surface area contributed by atoms with Crippen LogP contribution in [-0.2, 0) is 23.8 Å². The lowest BCUT2D eigenvalue weighted by molar-refractivity contribution is -0.202. The predicted octanol–water partition coefficient (Wildman–Crippen LogP) is 4.79. The summed E-state index contributed by atoms with van der Waals surface area (Å²) in [6, 6.07) is 0. The molecule has 5 aliphatic rings. The number of hydrogen-bond donors (Lipinski definition) is 0. The summed E-state index contributed by atoms with van der Waals surface area (Å²) < 4.78 is 19.3.